The Morgan fingerprint density at radius 3 is 1.80 bits per heavy atom. The quantitative estimate of drug-likeness (QED) is 0.419. The van der Waals surface area contributed by atoms with Crippen LogP contribution in [0.15, 0.2) is 11.3 Å². The molecule has 0 fully saturated rings. The molecular formula is C7H15N3. The molecule has 3 heteroatoms. The first-order chi connectivity index (χ1) is 4.46. The molecule has 0 aliphatic heterocycles. The minimum Gasteiger partial charge on any atom is -0.402 e. The molecule has 0 aliphatic rings. The van der Waals surface area contributed by atoms with E-state index in [1.54, 1.807) is 11.8 Å². The van der Waals surface area contributed by atoms with Gasteiger partial charge in [-0.15, -0.1) is 0 Å². The van der Waals surface area contributed by atoms with E-state index in [2.05, 4.69) is 0 Å². The molecule has 0 aromatic heterocycles. The van der Waals surface area contributed by atoms with E-state index in [4.69, 9.17) is 11.1 Å². The summed E-state index contributed by atoms with van der Waals surface area (Å²) in [5.74, 6) is 0.472. The van der Waals surface area contributed by atoms with Gasteiger partial charge in [0.2, 0.25) is 0 Å². The van der Waals surface area contributed by atoms with Crippen LogP contribution in [0.4, 0.5) is 0 Å². The Morgan fingerprint density at radius 2 is 1.70 bits per heavy atom. The summed E-state index contributed by atoms with van der Waals surface area (Å²) < 4.78 is 0. The van der Waals surface area contributed by atoms with Crippen LogP contribution in [0, 0.1) is 5.41 Å². The first-order valence-corrected chi connectivity index (χ1v) is 3.16. The van der Waals surface area contributed by atoms with Gasteiger partial charge in [0.1, 0.15) is 5.84 Å². The van der Waals surface area contributed by atoms with Crippen LogP contribution in [0.25, 0.3) is 0 Å². The number of nitrogens with zero attached hydrogens (tertiary/aromatic N) is 1. The van der Waals surface area contributed by atoms with Crippen LogP contribution in [0.5, 0.6) is 0 Å². The molecule has 0 saturated heterocycles. The molecule has 0 unspecified atom stereocenters. The SMILES string of the molecule is CC(N)=C(C)C(=N)N(C)C. The lowest BCUT2D eigenvalue weighted by Gasteiger charge is -2.14. The summed E-state index contributed by atoms with van der Waals surface area (Å²) in [6.45, 7) is 3.64. The maximum atomic E-state index is 7.47. The summed E-state index contributed by atoms with van der Waals surface area (Å²) in [7, 11) is 3.66. The number of hydrogen-bond acceptors (Lipinski definition) is 2. The van der Waals surface area contributed by atoms with Crippen molar-refractivity contribution in [2.75, 3.05) is 14.1 Å². The van der Waals surface area contributed by atoms with Crippen molar-refractivity contribution in [3.8, 4) is 0 Å². The number of allylic oxidation sites excluding steroid dienone is 1. The summed E-state index contributed by atoms with van der Waals surface area (Å²) in [4.78, 5) is 1.73. The fourth-order valence-electron chi connectivity index (χ4n) is 0.522. The van der Waals surface area contributed by atoms with Crippen molar-refractivity contribution in [2.45, 2.75) is 13.8 Å². The molecular weight excluding hydrogens is 126 g/mol. The first-order valence-electron chi connectivity index (χ1n) is 3.16. The molecule has 0 radical (unpaired) electrons. The van der Waals surface area contributed by atoms with E-state index in [1.807, 2.05) is 21.0 Å². The van der Waals surface area contributed by atoms with E-state index in [0.717, 1.165) is 5.57 Å². The van der Waals surface area contributed by atoms with Gasteiger partial charge in [-0.25, -0.2) is 0 Å². The highest BCUT2D eigenvalue weighted by Gasteiger charge is 2.02. The Labute approximate surface area is 62.0 Å². The fraction of sp³-hybridized carbons (Fsp3) is 0.571. The highest BCUT2D eigenvalue weighted by molar-refractivity contribution is 5.95. The number of nitrogens with one attached hydrogen (secondary N) is 1. The second kappa shape index (κ2) is 3.25. The Hall–Kier alpha value is -0.990. The van der Waals surface area contributed by atoms with Gasteiger partial charge in [0, 0.05) is 25.4 Å². The van der Waals surface area contributed by atoms with Gasteiger partial charge in [0.25, 0.3) is 0 Å². The molecule has 0 rings (SSSR count). The van der Waals surface area contributed by atoms with Crippen LogP contribution in [0.2, 0.25) is 0 Å². The lowest BCUT2D eigenvalue weighted by molar-refractivity contribution is 0.616. The van der Waals surface area contributed by atoms with Crippen LogP contribution in [-0.4, -0.2) is 24.8 Å². The summed E-state index contributed by atoms with van der Waals surface area (Å²) in [5.41, 5.74) is 7.03. The van der Waals surface area contributed by atoms with E-state index in [9.17, 15) is 0 Å². The van der Waals surface area contributed by atoms with Crippen molar-refractivity contribution in [1.82, 2.24) is 4.90 Å². The summed E-state index contributed by atoms with van der Waals surface area (Å²) in [6, 6.07) is 0. The van der Waals surface area contributed by atoms with Gasteiger partial charge in [-0.3, -0.25) is 5.41 Å². The standard InChI is InChI=1S/C7H15N3/c1-5(6(2)8)7(9)10(3)4/h9H,8H2,1-4H3. The maximum absolute atomic E-state index is 7.47. The molecule has 0 heterocycles. The molecule has 58 valence electrons. The molecule has 0 spiro atoms. The van der Waals surface area contributed by atoms with Crippen molar-refractivity contribution in [3.05, 3.63) is 11.3 Å². The third-order valence-electron chi connectivity index (χ3n) is 1.39. The Balaban J connectivity index is 4.38. The molecule has 0 atom stereocenters. The smallest absolute Gasteiger partial charge is 0.124 e. The lowest BCUT2D eigenvalue weighted by atomic mass is 10.2. The highest BCUT2D eigenvalue weighted by atomic mass is 15.1. The zero-order valence-electron chi connectivity index (χ0n) is 7.02. The van der Waals surface area contributed by atoms with Crippen LogP contribution >= 0.6 is 0 Å². The van der Waals surface area contributed by atoms with Crippen LogP contribution < -0.4 is 5.73 Å². The predicted octanol–water partition coefficient (Wildman–Crippen LogP) is 0.778. The van der Waals surface area contributed by atoms with E-state index in [-0.39, 0.29) is 0 Å². The van der Waals surface area contributed by atoms with Gasteiger partial charge in [-0.2, -0.15) is 0 Å². The second-order valence-corrected chi connectivity index (χ2v) is 2.55. The van der Waals surface area contributed by atoms with E-state index < -0.39 is 0 Å². The van der Waals surface area contributed by atoms with Crippen molar-refractivity contribution in [1.29, 1.82) is 5.41 Å². The van der Waals surface area contributed by atoms with Crippen molar-refractivity contribution >= 4 is 5.84 Å². The Bertz CT molecular complexity index is 164. The van der Waals surface area contributed by atoms with E-state index in [0.29, 0.717) is 11.5 Å². The zero-order valence-corrected chi connectivity index (χ0v) is 7.02. The maximum Gasteiger partial charge on any atom is 0.124 e. The average molecular weight is 141 g/mol. The normalized spacial score (nSPS) is 12.4. The summed E-state index contributed by atoms with van der Waals surface area (Å²) in [5, 5.41) is 7.47. The number of nitrogens with two attached hydrogens (primary N) is 1. The topological polar surface area (TPSA) is 53.1 Å². The van der Waals surface area contributed by atoms with Gasteiger partial charge in [0.05, 0.1) is 0 Å². The van der Waals surface area contributed by atoms with Crippen LogP contribution in [0.1, 0.15) is 13.8 Å². The van der Waals surface area contributed by atoms with Gasteiger partial charge >= 0.3 is 0 Å². The molecule has 0 saturated carbocycles. The minimum atomic E-state index is 0.472. The van der Waals surface area contributed by atoms with Crippen molar-refractivity contribution in [2.24, 2.45) is 5.73 Å². The largest absolute Gasteiger partial charge is 0.402 e. The molecule has 10 heavy (non-hydrogen) atoms. The number of likely N-dealkylation sites (N-methyl/N-ethyl adjacent to an activating group) is 1. The molecule has 0 amide bonds. The van der Waals surface area contributed by atoms with E-state index in [1.165, 1.54) is 0 Å². The third kappa shape index (κ3) is 2.09. The Morgan fingerprint density at radius 1 is 1.30 bits per heavy atom. The second-order valence-electron chi connectivity index (χ2n) is 2.55. The average Bonchev–Trinajstić information content (AvgIpc) is 1.84. The molecule has 0 bridgehead atoms. The lowest BCUT2D eigenvalue weighted by Crippen LogP contribution is -2.23. The first kappa shape index (κ1) is 9.01. The molecule has 0 aromatic rings. The van der Waals surface area contributed by atoms with Gasteiger partial charge in [0.15, 0.2) is 0 Å². The highest BCUT2D eigenvalue weighted by Crippen LogP contribution is 2.00. The van der Waals surface area contributed by atoms with Crippen molar-refractivity contribution in [3.63, 3.8) is 0 Å². The van der Waals surface area contributed by atoms with Crippen LogP contribution in [0.3, 0.4) is 0 Å². The van der Waals surface area contributed by atoms with Gasteiger partial charge in [-0.05, 0) is 13.8 Å². The van der Waals surface area contributed by atoms with Crippen molar-refractivity contribution < 1.29 is 0 Å². The number of amidine groups is 1. The minimum absolute atomic E-state index is 0.472. The van der Waals surface area contributed by atoms with Gasteiger partial charge < -0.3 is 10.6 Å². The van der Waals surface area contributed by atoms with E-state index >= 15 is 0 Å². The monoisotopic (exact) mass is 141 g/mol. The number of hydrogen-bond donors (Lipinski definition) is 2. The Kier molecular flexibility index (Phi) is 2.93. The predicted molar refractivity (Wildman–Crippen MR) is 44.0 cm³/mol. The molecule has 0 aromatic carbocycles. The number of rotatable bonds is 1. The van der Waals surface area contributed by atoms with Crippen LogP contribution in [-0.2, 0) is 0 Å². The fourth-order valence-corrected chi connectivity index (χ4v) is 0.522. The zero-order chi connectivity index (χ0) is 8.31. The summed E-state index contributed by atoms with van der Waals surface area (Å²) >= 11 is 0. The molecule has 3 N–H and O–H groups in total. The molecule has 3 nitrogen and oxygen atoms in total. The van der Waals surface area contributed by atoms with Gasteiger partial charge in [-0.1, -0.05) is 0 Å². The third-order valence-corrected chi connectivity index (χ3v) is 1.39. The molecule has 0 aliphatic carbocycles. The summed E-state index contributed by atoms with van der Waals surface area (Å²) in [6.07, 6.45) is 0.